The number of hydrogen-bond acceptors (Lipinski definition) is 0. The Balaban J connectivity index is 3.28. The smallest absolute Gasteiger partial charge is 0.0289 e. The van der Waals surface area contributed by atoms with E-state index in [0.717, 1.165) is 21.3 Å². The van der Waals surface area contributed by atoms with Gasteiger partial charge in [-0.15, -0.1) is 0 Å². The molecule has 0 aliphatic carbocycles. The maximum absolute atomic E-state index is 3.55. The summed E-state index contributed by atoms with van der Waals surface area (Å²) in [6, 6.07) is 4.38. The fraction of sp³-hybridized carbons (Fsp3) is 0.400. The fourth-order valence-corrected chi connectivity index (χ4v) is 3.82. The van der Waals surface area contributed by atoms with E-state index in [4.69, 9.17) is 0 Å². The fourth-order valence-electron chi connectivity index (χ4n) is 1.37. The van der Waals surface area contributed by atoms with Gasteiger partial charge >= 0.3 is 0 Å². The van der Waals surface area contributed by atoms with E-state index in [0.29, 0.717) is 0 Å². The van der Waals surface area contributed by atoms with Crippen LogP contribution in [0.1, 0.15) is 22.3 Å². The molecule has 14 heavy (non-hydrogen) atoms. The summed E-state index contributed by atoms with van der Waals surface area (Å²) < 4.78 is 0. The van der Waals surface area contributed by atoms with Gasteiger partial charge in [0.05, 0.1) is 0 Å². The summed E-state index contributed by atoms with van der Waals surface area (Å²) in [5, 5.41) is 3.65. The Kier molecular flexibility index (Phi) is 6.29. The van der Waals surface area contributed by atoms with Gasteiger partial charge in [-0.1, -0.05) is 75.9 Å². The molecule has 0 aliphatic rings. The highest BCUT2D eigenvalue weighted by Gasteiger charge is 2.09. The third-order valence-electron chi connectivity index (χ3n) is 2.18. The van der Waals surface area contributed by atoms with Gasteiger partial charge in [-0.2, -0.15) is 0 Å². The lowest BCUT2D eigenvalue weighted by Crippen LogP contribution is -1.99. The average Bonchev–Trinajstić information content (AvgIpc) is 2.26. The summed E-state index contributed by atoms with van der Waals surface area (Å²) in [5.41, 5.74) is 5.52. The molecule has 0 fully saturated rings. The molecule has 0 aliphatic heterocycles. The van der Waals surface area contributed by atoms with E-state index < -0.39 is 0 Å². The summed E-state index contributed by atoms with van der Waals surface area (Å²) in [7, 11) is 0. The Morgan fingerprint density at radius 3 is 1.21 bits per heavy atom. The topological polar surface area (TPSA) is 0 Å². The van der Waals surface area contributed by atoms with E-state index >= 15 is 0 Å². The first kappa shape index (κ1) is 13.2. The number of alkyl halides is 4. The van der Waals surface area contributed by atoms with E-state index in [-0.39, 0.29) is 0 Å². The molecule has 0 unspecified atom stereocenters. The van der Waals surface area contributed by atoms with Gasteiger partial charge in [0.25, 0.3) is 0 Å². The highest BCUT2D eigenvalue weighted by Crippen LogP contribution is 2.27. The molecule has 0 aromatic heterocycles. The van der Waals surface area contributed by atoms with Crippen LogP contribution in [0.15, 0.2) is 12.1 Å². The van der Waals surface area contributed by atoms with Crippen molar-refractivity contribution in [2.24, 2.45) is 0 Å². The van der Waals surface area contributed by atoms with E-state index in [1.165, 1.54) is 22.3 Å². The summed E-state index contributed by atoms with van der Waals surface area (Å²) in [6.45, 7) is 0. The summed E-state index contributed by atoms with van der Waals surface area (Å²) in [4.78, 5) is 0. The maximum Gasteiger partial charge on any atom is 0.0289 e. The van der Waals surface area contributed by atoms with Crippen LogP contribution in [0.25, 0.3) is 0 Å². The van der Waals surface area contributed by atoms with Crippen molar-refractivity contribution in [1.29, 1.82) is 0 Å². The van der Waals surface area contributed by atoms with Crippen molar-refractivity contribution in [3.63, 3.8) is 0 Å². The van der Waals surface area contributed by atoms with Crippen molar-refractivity contribution in [2.45, 2.75) is 21.3 Å². The standard InChI is InChI=1S/C10H10Br4/c11-3-7-1-2-8(4-12)10(6-14)9(7)5-13/h1-2H,3-6H2. The zero-order chi connectivity index (χ0) is 10.6. The van der Waals surface area contributed by atoms with Gasteiger partial charge in [0, 0.05) is 21.3 Å². The molecule has 0 heterocycles. The first-order valence-corrected chi connectivity index (χ1v) is 8.63. The predicted octanol–water partition coefficient (Wildman–Crippen LogP) is 5.27. The van der Waals surface area contributed by atoms with Crippen molar-refractivity contribution in [3.05, 3.63) is 34.4 Å². The predicted molar refractivity (Wildman–Crippen MR) is 77.0 cm³/mol. The number of benzene rings is 1. The molecule has 0 nitrogen and oxygen atoms in total. The van der Waals surface area contributed by atoms with Crippen molar-refractivity contribution in [2.75, 3.05) is 0 Å². The van der Waals surface area contributed by atoms with Crippen molar-refractivity contribution >= 4 is 63.7 Å². The van der Waals surface area contributed by atoms with Crippen LogP contribution in [-0.4, -0.2) is 0 Å². The number of rotatable bonds is 4. The van der Waals surface area contributed by atoms with Gasteiger partial charge in [-0.05, 0) is 22.3 Å². The lowest BCUT2D eigenvalue weighted by molar-refractivity contribution is 1.18. The Morgan fingerprint density at radius 2 is 1.00 bits per heavy atom. The van der Waals surface area contributed by atoms with E-state index in [1.807, 2.05) is 0 Å². The largest absolute Gasteiger partial charge is 0.0876 e. The van der Waals surface area contributed by atoms with E-state index in [9.17, 15) is 0 Å². The number of halogens is 4. The van der Waals surface area contributed by atoms with Crippen LogP contribution in [0.2, 0.25) is 0 Å². The molecule has 0 atom stereocenters. The second-order valence-electron chi connectivity index (χ2n) is 2.88. The van der Waals surface area contributed by atoms with Crippen LogP contribution in [-0.2, 0) is 21.3 Å². The Morgan fingerprint density at radius 1 is 0.643 bits per heavy atom. The SMILES string of the molecule is BrCc1ccc(CBr)c(CBr)c1CBr. The van der Waals surface area contributed by atoms with Crippen LogP contribution < -0.4 is 0 Å². The minimum atomic E-state index is 0.912. The molecule has 1 rings (SSSR count). The van der Waals surface area contributed by atoms with Crippen molar-refractivity contribution < 1.29 is 0 Å². The minimum absolute atomic E-state index is 0.912. The van der Waals surface area contributed by atoms with E-state index in [1.54, 1.807) is 0 Å². The third kappa shape index (κ3) is 2.83. The maximum atomic E-state index is 3.55. The number of hydrogen-bond donors (Lipinski definition) is 0. The first-order chi connectivity index (χ1) is 6.78. The highest BCUT2D eigenvalue weighted by atomic mass is 79.9. The second-order valence-corrected chi connectivity index (χ2v) is 5.12. The van der Waals surface area contributed by atoms with Gasteiger partial charge in [0.15, 0.2) is 0 Å². The van der Waals surface area contributed by atoms with Gasteiger partial charge in [0.2, 0.25) is 0 Å². The lowest BCUT2D eigenvalue weighted by atomic mass is 10.00. The van der Waals surface area contributed by atoms with Crippen LogP contribution >= 0.6 is 63.7 Å². The molecular formula is C10H10Br4. The zero-order valence-corrected chi connectivity index (χ0v) is 13.8. The Hall–Kier alpha value is 1.14. The van der Waals surface area contributed by atoms with Crippen LogP contribution in [0.3, 0.4) is 0 Å². The summed E-state index contributed by atoms with van der Waals surface area (Å²) in [6.07, 6.45) is 0. The highest BCUT2D eigenvalue weighted by molar-refractivity contribution is 9.09. The average molecular weight is 450 g/mol. The summed E-state index contributed by atoms with van der Waals surface area (Å²) >= 11 is 14.1. The van der Waals surface area contributed by atoms with Crippen molar-refractivity contribution in [1.82, 2.24) is 0 Å². The Labute approximate surface area is 118 Å². The molecule has 78 valence electrons. The molecule has 0 bridgehead atoms. The molecular weight excluding hydrogens is 440 g/mol. The van der Waals surface area contributed by atoms with Gasteiger partial charge in [0.1, 0.15) is 0 Å². The molecule has 0 saturated heterocycles. The zero-order valence-electron chi connectivity index (χ0n) is 7.49. The molecule has 4 heteroatoms. The Bertz CT molecular complexity index is 278. The normalized spacial score (nSPS) is 10.6. The third-order valence-corrected chi connectivity index (χ3v) is 4.51. The minimum Gasteiger partial charge on any atom is -0.0876 e. The molecule has 0 radical (unpaired) electrons. The van der Waals surface area contributed by atoms with Crippen LogP contribution in [0.5, 0.6) is 0 Å². The molecule has 0 saturated carbocycles. The second kappa shape index (κ2) is 6.66. The van der Waals surface area contributed by atoms with Crippen molar-refractivity contribution in [3.8, 4) is 0 Å². The lowest BCUT2D eigenvalue weighted by Gasteiger charge is -2.13. The quantitative estimate of drug-likeness (QED) is 0.550. The molecule has 1 aromatic rings. The van der Waals surface area contributed by atoms with Crippen LogP contribution in [0.4, 0.5) is 0 Å². The molecule has 0 N–H and O–H groups in total. The van der Waals surface area contributed by atoms with Gasteiger partial charge in [-0.25, -0.2) is 0 Å². The summed E-state index contributed by atoms with van der Waals surface area (Å²) in [5.74, 6) is 0. The van der Waals surface area contributed by atoms with Gasteiger partial charge < -0.3 is 0 Å². The van der Waals surface area contributed by atoms with Gasteiger partial charge in [-0.3, -0.25) is 0 Å². The first-order valence-electron chi connectivity index (χ1n) is 4.14. The molecule has 0 amide bonds. The molecule has 1 aromatic carbocycles. The van der Waals surface area contributed by atoms with E-state index in [2.05, 4.69) is 75.9 Å². The monoisotopic (exact) mass is 446 g/mol. The van der Waals surface area contributed by atoms with Crippen LogP contribution in [0, 0.1) is 0 Å². The molecule has 0 spiro atoms.